The minimum atomic E-state index is -5.08. The minimum Gasteiger partial charge on any atom is -0.475 e. The highest BCUT2D eigenvalue weighted by molar-refractivity contribution is 5.90. The summed E-state index contributed by atoms with van der Waals surface area (Å²) in [5.41, 5.74) is 8.61. The number of esters is 2. The standard InChI is InChI=1S/C72H114N8O7.C37H47N7O3.C2HF3O2/c1-5-7-9-11-13-15-17-19-21-23-25-27-29-31-37-67(81)86-56-79-55-62-52-59(51-58(3)69(62)74-79)53-65(71(84)77-49-47-76(48-50-77)63-41-43-75(4)44-42-63)73-72(85)78-45-39-60(40-46-78)64-54-61-35-33-34-36-66(61)80(70(64)83)57-87-68(82)38-32-30-28-26-24-22-20-18-16-14-12-10-8-6-2;1-25-19-26(21-30-24-38-40-35(25)30)20-29(37(47)44-17-15-42(16-18-44)31-9-11-41(2)12-10-31)23-34(45)43-13-7-27(8-14-43)32-22-28-5-3-4-6-33(28)39-36(32)46;3-2(4,5)1(6)7/h33-36,51-52,54-55,60,63,65H,5-32,37-50,53,56-57H2,1-4H3,(H,73,85);3-6,19,21-22,24,27,29,31H,7-18,20,23H2,1-2H3,(H,38,40)(H,39,46);(H,6,7)/t65-;29-;/m10./s1. The molecule has 0 unspecified atom stereocenters. The number of fused-ring (bicyclic) bond motifs is 4. The third kappa shape index (κ3) is 34.1. The van der Waals surface area contributed by atoms with Crippen LogP contribution in [0.4, 0.5) is 18.0 Å². The van der Waals surface area contributed by atoms with Crippen LogP contribution >= 0.6 is 0 Å². The average molecular weight is 1960 g/mol. The molecule has 5 amide bonds. The molecule has 14 rings (SSSR count). The monoisotopic (exact) mass is 1950 g/mol. The van der Waals surface area contributed by atoms with E-state index in [1.165, 1.54) is 154 Å². The summed E-state index contributed by atoms with van der Waals surface area (Å²) in [6, 6.07) is 27.9. The van der Waals surface area contributed by atoms with Crippen LogP contribution in [0.15, 0.2) is 107 Å². The Labute approximate surface area is 832 Å². The number of nitrogens with one attached hydrogen (secondary N) is 3. The molecular weight excluding hydrogens is 1790 g/mol. The van der Waals surface area contributed by atoms with E-state index in [0.29, 0.717) is 109 Å². The van der Waals surface area contributed by atoms with Gasteiger partial charge in [-0.15, -0.1) is 0 Å². The van der Waals surface area contributed by atoms with Gasteiger partial charge in [-0.3, -0.25) is 53.0 Å². The number of aliphatic carboxylic acids is 1. The van der Waals surface area contributed by atoms with Crippen molar-refractivity contribution in [2.75, 3.05) is 119 Å². The molecular formula is C111H162F3N15O12. The molecule has 0 bridgehead atoms. The number of piperazine rings is 2. The molecule has 0 aliphatic carbocycles. The molecule has 6 aliphatic heterocycles. The maximum absolute atomic E-state index is 14.8. The van der Waals surface area contributed by atoms with E-state index in [9.17, 15) is 51.5 Å². The normalized spacial score (nSPS) is 17.1. The number of para-hydroxylation sites is 2. The number of hydrogen-bond acceptors (Lipinski definition) is 17. The number of carboxylic acids is 1. The van der Waals surface area contributed by atoms with E-state index in [-0.39, 0.29) is 78.5 Å². The number of urea groups is 1. The van der Waals surface area contributed by atoms with Crippen molar-refractivity contribution in [3.8, 4) is 0 Å². The van der Waals surface area contributed by atoms with Crippen LogP contribution in [0.25, 0.3) is 43.6 Å². The molecule has 4 aromatic carbocycles. The Morgan fingerprint density at radius 1 is 0.482 bits per heavy atom. The third-order valence-corrected chi connectivity index (χ3v) is 30.4. The van der Waals surface area contributed by atoms with Crippen LogP contribution in [0.2, 0.25) is 0 Å². The van der Waals surface area contributed by atoms with Crippen LogP contribution in [0.3, 0.4) is 0 Å². The van der Waals surface area contributed by atoms with E-state index in [1.807, 2.05) is 101 Å². The van der Waals surface area contributed by atoms with Crippen molar-refractivity contribution in [3.63, 3.8) is 0 Å². The van der Waals surface area contributed by atoms with E-state index in [1.54, 1.807) is 14.1 Å². The van der Waals surface area contributed by atoms with E-state index in [2.05, 4.69) is 93.2 Å². The van der Waals surface area contributed by atoms with Crippen molar-refractivity contribution in [1.29, 1.82) is 0 Å². The highest BCUT2D eigenvalue weighted by atomic mass is 19.4. The zero-order valence-corrected chi connectivity index (χ0v) is 85.4. The second-order valence-corrected chi connectivity index (χ2v) is 41.1. The number of benzene rings is 4. The van der Waals surface area contributed by atoms with Gasteiger partial charge in [-0.2, -0.15) is 23.4 Å². The van der Waals surface area contributed by atoms with Crippen LogP contribution < -0.4 is 16.4 Å². The molecule has 6 aliphatic rings. The van der Waals surface area contributed by atoms with Crippen LogP contribution in [-0.2, 0) is 64.5 Å². The lowest BCUT2D eigenvalue weighted by Crippen LogP contribution is -2.59. The number of alkyl halides is 3. The lowest BCUT2D eigenvalue weighted by molar-refractivity contribution is -0.192. The van der Waals surface area contributed by atoms with Crippen molar-refractivity contribution in [3.05, 3.63) is 151 Å². The molecule has 0 radical (unpaired) electrons. The van der Waals surface area contributed by atoms with Gasteiger partial charge in [0, 0.05) is 150 Å². The number of aromatic amines is 2. The first-order valence-electron chi connectivity index (χ1n) is 53.8. The summed E-state index contributed by atoms with van der Waals surface area (Å²) in [4.78, 5) is 140. The Kier molecular flexibility index (Phi) is 44.3. The lowest BCUT2D eigenvalue weighted by atomic mass is 9.88. The summed E-state index contributed by atoms with van der Waals surface area (Å²) in [7, 11) is 4.37. The summed E-state index contributed by atoms with van der Waals surface area (Å²) in [5.74, 6) is -3.65. The number of hydrogen-bond donors (Lipinski definition) is 4. The topological polar surface area (TPSA) is 297 Å². The van der Waals surface area contributed by atoms with Gasteiger partial charge in [-0.1, -0.05) is 229 Å². The predicted molar refractivity (Wildman–Crippen MR) is 551 cm³/mol. The van der Waals surface area contributed by atoms with Gasteiger partial charge in [0.1, 0.15) is 6.04 Å². The first-order valence-corrected chi connectivity index (χ1v) is 53.8. The number of carbonyl (C=O) groups is 7. The molecule has 0 saturated carbocycles. The van der Waals surface area contributed by atoms with Gasteiger partial charge in [0.25, 0.3) is 11.1 Å². The average Bonchev–Trinajstić information content (AvgIpc) is 1.34. The quantitative estimate of drug-likeness (QED) is 0.0203. The molecule has 4 N–H and O–H groups in total. The lowest BCUT2D eigenvalue weighted by Gasteiger charge is -2.43. The minimum absolute atomic E-state index is 0.0280. The SMILES string of the molecule is CCCCCCCCCCCCCCCCC(=O)OCn1cc2cc(C[C@@H](NC(=O)N3CCC(c4cc5ccccc5n(COC(=O)CCCCCCCCCCCCCCCC)c4=O)CC3)C(=O)N3CCN(C4CCN(C)CC4)CC3)cc(C)c2n1.Cc1cc(C[C@@H](CC(=O)N2CCC(c3cc4ccccc4[nH]c3=O)CC2)C(=O)N2CCN(C3CCN(C)CC3)CC2)cc2cn[nH]c12.O=C(O)C(F)(F)F. The number of carbonyl (C=O) groups excluding carboxylic acids is 6. The molecule has 6 fully saturated rings. The Morgan fingerprint density at radius 2 is 0.929 bits per heavy atom. The van der Waals surface area contributed by atoms with Gasteiger partial charge < -0.3 is 54.3 Å². The molecule has 141 heavy (non-hydrogen) atoms. The fourth-order valence-corrected chi connectivity index (χ4v) is 21.8. The van der Waals surface area contributed by atoms with Gasteiger partial charge in [0.05, 0.1) is 28.7 Å². The van der Waals surface area contributed by atoms with Crippen LogP contribution in [0.5, 0.6) is 0 Å². The Bertz CT molecular complexity index is 5380. The summed E-state index contributed by atoms with van der Waals surface area (Å²) in [6.45, 7) is 21.0. The number of H-pyrrole nitrogens is 2. The van der Waals surface area contributed by atoms with Crippen molar-refractivity contribution in [1.82, 2.24) is 74.0 Å². The second kappa shape index (κ2) is 56.9. The molecule has 6 saturated heterocycles. The summed E-state index contributed by atoms with van der Waals surface area (Å²) in [5, 5.41) is 26.2. The van der Waals surface area contributed by atoms with E-state index >= 15 is 0 Å². The van der Waals surface area contributed by atoms with Crippen molar-refractivity contribution in [2.24, 2.45) is 5.92 Å². The Morgan fingerprint density at radius 3 is 1.45 bits per heavy atom. The van der Waals surface area contributed by atoms with Gasteiger partial charge in [0.2, 0.25) is 17.7 Å². The largest absolute Gasteiger partial charge is 0.490 e. The number of aryl methyl sites for hydroxylation is 2. The van der Waals surface area contributed by atoms with E-state index in [0.717, 1.165) is 188 Å². The van der Waals surface area contributed by atoms with Crippen molar-refractivity contribution < 1.29 is 61.3 Å². The number of piperidine rings is 4. The summed E-state index contributed by atoms with van der Waals surface area (Å²) >= 11 is 0. The van der Waals surface area contributed by atoms with Gasteiger partial charge >= 0.3 is 30.1 Å². The molecule has 10 heterocycles. The van der Waals surface area contributed by atoms with Crippen molar-refractivity contribution in [2.45, 2.75) is 341 Å². The molecule has 2 atom stereocenters. The van der Waals surface area contributed by atoms with Crippen LogP contribution in [0.1, 0.15) is 309 Å². The molecule has 0 spiro atoms. The van der Waals surface area contributed by atoms with Crippen LogP contribution in [0, 0.1) is 19.8 Å². The molecule has 4 aromatic heterocycles. The number of likely N-dealkylation sites (tertiary alicyclic amines) is 4. The number of nitrogens with zero attached hydrogens (tertiary/aromatic N) is 12. The summed E-state index contributed by atoms with van der Waals surface area (Å²) < 4.78 is 46.5. The zero-order chi connectivity index (χ0) is 100.0. The van der Waals surface area contributed by atoms with Gasteiger partial charge in [-0.25, -0.2) is 14.3 Å². The first kappa shape index (κ1) is 110. The zero-order valence-electron chi connectivity index (χ0n) is 85.4. The molecule has 30 heteroatoms. The number of unbranched alkanes of at least 4 members (excludes halogenated alkanes) is 26. The number of halogens is 3. The number of ether oxygens (including phenoxy) is 2. The second-order valence-electron chi connectivity index (χ2n) is 41.1. The maximum Gasteiger partial charge on any atom is 0.490 e. The number of pyridine rings is 2. The number of amides is 5. The fraction of sp³-hybridized carbons (Fsp3) is 0.649. The Balaban J connectivity index is 0.000000273. The fourth-order valence-electron chi connectivity index (χ4n) is 21.8. The number of carboxylic acid groups (broad SMARTS) is 1. The highest BCUT2D eigenvalue weighted by Gasteiger charge is 2.40. The highest BCUT2D eigenvalue weighted by Crippen LogP contribution is 2.34. The van der Waals surface area contributed by atoms with Crippen molar-refractivity contribution >= 4 is 85.3 Å². The number of aromatic nitrogens is 6. The Hall–Kier alpha value is -10.0. The predicted octanol–water partition coefficient (Wildman–Crippen LogP) is 19.7. The maximum atomic E-state index is 14.8. The number of rotatable bonds is 47. The molecule has 8 aromatic rings. The van der Waals surface area contributed by atoms with Gasteiger partial charge in [-0.05, 0) is 206 Å². The molecule has 774 valence electrons. The smallest absolute Gasteiger partial charge is 0.475 e. The first-order chi connectivity index (χ1) is 68.3. The van der Waals surface area contributed by atoms with Crippen LogP contribution in [-0.4, -0.2) is 259 Å². The van der Waals surface area contributed by atoms with E-state index in [4.69, 9.17) is 24.5 Å². The van der Waals surface area contributed by atoms with E-state index < -0.39 is 24.1 Å². The molecule has 27 nitrogen and oxygen atoms in total. The summed E-state index contributed by atoms with van der Waals surface area (Å²) in [6.07, 6.45) is 42.9. The third-order valence-electron chi connectivity index (χ3n) is 30.4. The van der Waals surface area contributed by atoms with Gasteiger partial charge in [0.15, 0.2) is 13.5 Å².